The average molecular weight is 256 g/mol. The lowest BCUT2D eigenvalue weighted by molar-refractivity contribution is -0.132. The molecular weight excluding hydrogens is 224 g/mol. The van der Waals surface area contributed by atoms with Crippen molar-refractivity contribution in [2.24, 2.45) is 23.5 Å². The molecular formula is C15H32N2O. The Hall–Kier alpha value is -0.570. The Morgan fingerprint density at radius 3 is 2.22 bits per heavy atom. The number of amides is 1. The van der Waals surface area contributed by atoms with Gasteiger partial charge in [0.05, 0.1) is 0 Å². The van der Waals surface area contributed by atoms with Crippen molar-refractivity contribution in [3.05, 3.63) is 0 Å². The Bertz CT molecular complexity index is 229. The third-order valence-corrected chi connectivity index (χ3v) is 3.56. The quantitative estimate of drug-likeness (QED) is 0.689. The summed E-state index contributed by atoms with van der Waals surface area (Å²) >= 11 is 0. The molecule has 3 heteroatoms. The number of nitrogens with zero attached hydrogens (tertiary/aromatic N) is 1. The highest BCUT2D eigenvalue weighted by atomic mass is 16.2. The van der Waals surface area contributed by atoms with Crippen molar-refractivity contribution < 1.29 is 4.79 Å². The fourth-order valence-electron chi connectivity index (χ4n) is 2.22. The van der Waals surface area contributed by atoms with Crippen LogP contribution in [0.5, 0.6) is 0 Å². The minimum Gasteiger partial charge on any atom is -0.343 e. The maximum Gasteiger partial charge on any atom is 0.222 e. The van der Waals surface area contributed by atoms with E-state index in [1.54, 1.807) is 0 Å². The van der Waals surface area contributed by atoms with Gasteiger partial charge in [0.2, 0.25) is 5.91 Å². The van der Waals surface area contributed by atoms with Gasteiger partial charge in [0.1, 0.15) is 0 Å². The molecule has 18 heavy (non-hydrogen) atoms. The number of rotatable bonds is 9. The van der Waals surface area contributed by atoms with Crippen molar-refractivity contribution in [1.82, 2.24) is 4.90 Å². The van der Waals surface area contributed by atoms with E-state index in [0.29, 0.717) is 30.7 Å². The van der Waals surface area contributed by atoms with Gasteiger partial charge in [-0.15, -0.1) is 0 Å². The van der Waals surface area contributed by atoms with Crippen molar-refractivity contribution in [2.45, 2.75) is 53.9 Å². The highest BCUT2D eigenvalue weighted by Crippen LogP contribution is 2.16. The van der Waals surface area contributed by atoms with E-state index in [0.717, 1.165) is 25.9 Å². The van der Waals surface area contributed by atoms with Crippen LogP contribution >= 0.6 is 0 Å². The summed E-state index contributed by atoms with van der Waals surface area (Å²) in [6.07, 6.45) is 2.78. The maximum atomic E-state index is 12.2. The standard InChI is InChI=1S/C15H32N2O/c1-6-13(5)11-17(7-2)15(18)9-14(10-16)8-12(3)4/h12-14H,6-11,16H2,1-5H3/t13?,14-/m0/s1. The van der Waals surface area contributed by atoms with Gasteiger partial charge in [0.15, 0.2) is 0 Å². The summed E-state index contributed by atoms with van der Waals surface area (Å²) in [5, 5.41) is 0. The molecule has 0 heterocycles. The normalized spacial score (nSPS) is 14.6. The zero-order valence-corrected chi connectivity index (χ0v) is 12.9. The highest BCUT2D eigenvalue weighted by Gasteiger charge is 2.19. The molecule has 1 unspecified atom stereocenters. The second-order valence-electron chi connectivity index (χ2n) is 5.88. The Morgan fingerprint density at radius 1 is 1.22 bits per heavy atom. The van der Waals surface area contributed by atoms with Crippen LogP contribution < -0.4 is 5.73 Å². The van der Waals surface area contributed by atoms with Crippen LogP contribution in [-0.4, -0.2) is 30.4 Å². The Balaban J connectivity index is 4.31. The van der Waals surface area contributed by atoms with E-state index in [9.17, 15) is 4.79 Å². The molecule has 0 saturated heterocycles. The largest absolute Gasteiger partial charge is 0.343 e. The van der Waals surface area contributed by atoms with Crippen molar-refractivity contribution in [2.75, 3.05) is 19.6 Å². The summed E-state index contributed by atoms with van der Waals surface area (Å²) in [7, 11) is 0. The van der Waals surface area contributed by atoms with Crippen molar-refractivity contribution >= 4 is 5.91 Å². The summed E-state index contributed by atoms with van der Waals surface area (Å²) in [5.74, 6) is 1.80. The van der Waals surface area contributed by atoms with Gasteiger partial charge >= 0.3 is 0 Å². The lowest BCUT2D eigenvalue weighted by Gasteiger charge is -2.26. The monoisotopic (exact) mass is 256 g/mol. The number of nitrogens with two attached hydrogens (primary N) is 1. The summed E-state index contributed by atoms with van der Waals surface area (Å²) in [5.41, 5.74) is 5.77. The third kappa shape index (κ3) is 7.00. The first-order valence-corrected chi connectivity index (χ1v) is 7.42. The number of hydrogen-bond donors (Lipinski definition) is 1. The summed E-state index contributed by atoms with van der Waals surface area (Å²) in [6.45, 7) is 13.1. The molecule has 2 atom stereocenters. The molecule has 0 aromatic heterocycles. The van der Waals surface area contributed by atoms with Crippen LogP contribution in [0.25, 0.3) is 0 Å². The molecule has 1 amide bonds. The molecule has 0 rings (SSSR count). The predicted octanol–water partition coefficient (Wildman–Crippen LogP) is 2.89. The fraction of sp³-hybridized carbons (Fsp3) is 0.933. The van der Waals surface area contributed by atoms with Gasteiger partial charge in [-0.05, 0) is 37.6 Å². The lowest BCUT2D eigenvalue weighted by Crippen LogP contribution is -2.36. The third-order valence-electron chi connectivity index (χ3n) is 3.56. The van der Waals surface area contributed by atoms with Gasteiger partial charge in [0.25, 0.3) is 0 Å². The highest BCUT2D eigenvalue weighted by molar-refractivity contribution is 5.76. The molecule has 0 aliphatic heterocycles. The van der Waals surface area contributed by atoms with Crippen LogP contribution in [0.3, 0.4) is 0 Å². The SMILES string of the molecule is CCC(C)CN(CC)C(=O)C[C@@H](CN)CC(C)C. The lowest BCUT2D eigenvalue weighted by atomic mass is 9.93. The molecule has 0 bridgehead atoms. The maximum absolute atomic E-state index is 12.2. The molecule has 0 saturated carbocycles. The van der Waals surface area contributed by atoms with Crippen molar-refractivity contribution in [3.63, 3.8) is 0 Å². The van der Waals surface area contributed by atoms with E-state index < -0.39 is 0 Å². The minimum atomic E-state index is 0.272. The molecule has 0 radical (unpaired) electrons. The topological polar surface area (TPSA) is 46.3 Å². The fourth-order valence-corrected chi connectivity index (χ4v) is 2.22. The molecule has 0 aliphatic rings. The average Bonchev–Trinajstić information content (AvgIpc) is 2.33. The first-order chi connectivity index (χ1) is 8.44. The molecule has 0 aromatic carbocycles. The van der Waals surface area contributed by atoms with Gasteiger partial charge in [-0.25, -0.2) is 0 Å². The molecule has 0 spiro atoms. The van der Waals surface area contributed by atoms with Crippen LogP contribution in [0.15, 0.2) is 0 Å². The van der Waals surface area contributed by atoms with Gasteiger partial charge in [-0.1, -0.05) is 34.1 Å². The molecule has 2 N–H and O–H groups in total. The molecule has 108 valence electrons. The molecule has 3 nitrogen and oxygen atoms in total. The minimum absolute atomic E-state index is 0.272. The second-order valence-corrected chi connectivity index (χ2v) is 5.88. The van der Waals surface area contributed by atoms with Gasteiger partial charge in [0, 0.05) is 19.5 Å². The predicted molar refractivity (Wildman–Crippen MR) is 78.3 cm³/mol. The Labute approximate surface area is 113 Å². The second kappa shape index (κ2) is 9.37. The van der Waals surface area contributed by atoms with Crippen molar-refractivity contribution in [1.29, 1.82) is 0 Å². The Morgan fingerprint density at radius 2 is 1.83 bits per heavy atom. The van der Waals surface area contributed by atoms with Crippen LogP contribution in [0.2, 0.25) is 0 Å². The van der Waals surface area contributed by atoms with Crippen LogP contribution in [-0.2, 0) is 4.79 Å². The molecule has 0 fully saturated rings. The van der Waals surface area contributed by atoms with E-state index >= 15 is 0 Å². The summed E-state index contributed by atoms with van der Waals surface area (Å²) in [4.78, 5) is 14.2. The zero-order valence-electron chi connectivity index (χ0n) is 12.9. The van der Waals surface area contributed by atoms with Crippen molar-refractivity contribution in [3.8, 4) is 0 Å². The van der Waals surface area contributed by atoms with Crippen LogP contribution in [0.4, 0.5) is 0 Å². The zero-order chi connectivity index (χ0) is 14.1. The molecule has 0 aliphatic carbocycles. The Kier molecular flexibility index (Phi) is 9.08. The van der Waals surface area contributed by atoms with E-state index in [4.69, 9.17) is 5.73 Å². The van der Waals surface area contributed by atoms with E-state index in [2.05, 4.69) is 34.6 Å². The first kappa shape index (κ1) is 17.4. The first-order valence-electron chi connectivity index (χ1n) is 7.42. The van der Waals surface area contributed by atoms with E-state index in [1.165, 1.54) is 0 Å². The smallest absolute Gasteiger partial charge is 0.222 e. The summed E-state index contributed by atoms with van der Waals surface area (Å²) in [6, 6.07) is 0. The molecule has 0 aromatic rings. The number of carbonyl (C=O) groups excluding carboxylic acids is 1. The number of hydrogen-bond acceptors (Lipinski definition) is 2. The van der Waals surface area contributed by atoms with E-state index in [-0.39, 0.29) is 5.91 Å². The van der Waals surface area contributed by atoms with Gasteiger partial charge in [-0.2, -0.15) is 0 Å². The van der Waals surface area contributed by atoms with E-state index in [1.807, 2.05) is 4.90 Å². The van der Waals surface area contributed by atoms with Gasteiger partial charge < -0.3 is 10.6 Å². The summed E-state index contributed by atoms with van der Waals surface area (Å²) < 4.78 is 0. The number of carbonyl (C=O) groups is 1. The van der Waals surface area contributed by atoms with Crippen LogP contribution in [0, 0.1) is 17.8 Å². The van der Waals surface area contributed by atoms with Gasteiger partial charge in [-0.3, -0.25) is 4.79 Å². The van der Waals surface area contributed by atoms with Crippen LogP contribution in [0.1, 0.15) is 53.9 Å².